The predicted molar refractivity (Wildman–Crippen MR) is 67.9 cm³/mol. The normalized spacial score (nSPS) is 27.2. The molecule has 3 rings (SSSR count). The molecule has 0 radical (unpaired) electrons. The van der Waals surface area contributed by atoms with Crippen molar-refractivity contribution in [2.75, 3.05) is 6.61 Å². The Hall–Kier alpha value is -1.35. The zero-order valence-corrected chi connectivity index (χ0v) is 10.6. The molecule has 1 aromatic rings. The van der Waals surface area contributed by atoms with Crippen molar-refractivity contribution in [3.05, 3.63) is 29.8 Å². The Balaban J connectivity index is 1.75. The van der Waals surface area contributed by atoms with Gasteiger partial charge in [-0.1, -0.05) is 12.1 Å². The maximum atomic E-state index is 12.4. The van der Waals surface area contributed by atoms with Crippen LogP contribution in [0.3, 0.4) is 0 Å². The summed E-state index contributed by atoms with van der Waals surface area (Å²) in [6, 6.07) is 7.55. The van der Waals surface area contributed by atoms with Crippen LogP contribution in [0.5, 0.6) is 5.75 Å². The Kier molecular flexibility index (Phi) is 3.08. The van der Waals surface area contributed by atoms with E-state index in [1.807, 2.05) is 31.2 Å². The van der Waals surface area contributed by atoms with E-state index in [2.05, 4.69) is 0 Å². The molecule has 2 unspecified atom stereocenters. The Bertz CT molecular complexity index is 451. The number of ketones is 1. The molecule has 0 N–H and O–H groups in total. The smallest absolute Gasteiger partial charge is 0.168 e. The van der Waals surface area contributed by atoms with Crippen LogP contribution in [0, 0.1) is 5.92 Å². The van der Waals surface area contributed by atoms with Gasteiger partial charge in [0, 0.05) is 12.2 Å². The van der Waals surface area contributed by atoms with E-state index in [1.54, 1.807) is 0 Å². The highest BCUT2D eigenvalue weighted by Crippen LogP contribution is 2.29. The standard InChI is InChI=1S/C15H18O3/c1-10-14(7-8-17-10)15(16)11-3-2-4-13(9-11)18-12-5-6-12/h2-4,9-10,12,14H,5-8H2,1H3. The van der Waals surface area contributed by atoms with Crippen LogP contribution in [-0.2, 0) is 4.74 Å². The number of Topliss-reactive ketones (excluding diaryl/α,β-unsaturated/α-hetero) is 1. The topological polar surface area (TPSA) is 35.5 Å². The quantitative estimate of drug-likeness (QED) is 0.766. The first-order valence-corrected chi connectivity index (χ1v) is 6.66. The second kappa shape index (κ2) is 4.73. The minimum atomic E-state index is 0.00109. The average molecular weight is 246 g/mol. The SMILES string of the molecule is CC1OCCC1C(=O)c1cccc(OC2CC2)c1. The minimum Gasteiger partial charge on any atom is -0.490 e. The molecule has 2 atom stereocenters. The monoisotopic (exact) mass is 246 g/mol. The average Bonchev–Trinajstić information content (AvgIpc) is 3.08. The molecule has 0 bridgehead atoms. The lowest BCUT2D eigenvalue weighted by Gasteiger charge is -2.13. The van der Waals surface area contributed by atoms with E-state index in [9.17, 15) is 4.79 Å². The molecule has 1 saturated carbocycles. The zero-order chi connectivity index (χ0) is 12.5. The fourth-order valence-corrected chi connectivity index (χ4v) is 2.39. The minimum absolute atomic E-state index is 0.00109. The van der Waals surface area contributed by atoms with Crippen LogP contribution >= 0.6 is 0 Å². The summed E-state index contributed by atoms with van der Waals surface area (Å²) in [4.78, 5) is 12.4. The summed E-state index contributed by atoms with van der Waals surface area (Å²) in [6.07, 6.45) is 3.49. The summed E-state index contributed by atoms with van der Waals surface area (Å²) >= 11 is 0. The highest BCUT2D eigenvalue weighted by molar-refractivity contribution is 5.98. The van der Waals surface area contributed by atoms with Gasteiger partial charge in [0.15, 0.2) is 5.78 Å². The Morgan fingerprint density at radius 1 is 1.33 bits per heavy atom. The molecular formula is C15H18O3. The third-order valence-corrected chi connectivity index (χ3v) is 3.66. The maximum Gasteiger partial charge on any atom is 0.168 e. The molecule has 1 aromatic carbocycles. The first kappa shape index (κ1) is 11.7. The van der Waals surface area contributed by atoms with Crippen molar-refractivity contribution in [1.82, 2.24) is 0 Å². The van der Waals surface area contributed by atoms with E-state index in [0.717, 1.165) is 30.6 Å². The predicted octanol–water partition coefficient (Wildman–Crippen LogP) is 2.84. The van der Waals surface area contributed by atoms with Crippen LogP contribution in [0.25, 0.3) is 0 Å². The summed E-state index contributed by atoms with van der Waals surface area (Å²) < 4.78 is 11.2. The van der Waals surface area contributed by atoms with Gasteiger partial charge < -0.3 is 9.47 Å². The van der Waals surface area contributed by atoms with Crippen LogP contribution in [-0.4, -0.2) is 24.6 Å². The van der Waals surface area contributed by atoms with Gasteiger partial charge in [-0.05, 0) is 38.3 Å². The van der Waals surface area contributed by atoms with Gasteiger partial charge in [-0.2, -0.15) is 0 Å². The van der Waals surface area contributed by atoms with E-state index in [4.69, 9.17) is 9.47 Å². The fraction of sp³-hybridized carbons (Fsp3) is 0.533. The number of hydrogen-bond acceptors (Lipinski definition) is 3. The molecule has 0 aromatic heterocycles. The number of hydrogen-bond donors (Lipinski definition) is 0. The van der Waals surface area contributed by atoms with Crippen molar-refractivity contribution < 1.29 is 14.3 Å². The number of benzene rings is 1. The van der Waals surface area contributed by atoms with Gasteiger partial charge >= 0.3 is 0 Å². The summed E-state index contributed by atoms with van der Waals surface area (Å²) in [5.74, 6) is 0.998. The molecule has 1 aliphatic heterocycles. The highest BCUT2D eigenvalue weighted by Gasteiger charge is 2.31. The van der Waals surface area contributed by atoms with Crippen molar-refractivity contribution >= 4 is 5.78 Å². The van der Waals surface area contributed by atoms with Crippen LogP contribution < -0.4 is 4.74 Å². The second-order valence-corrected chi connectivity index (χ2v) is 5.18. The summed E-state index contributed by atoms with van der Waals surface area (Å²) in [6.45, 7) is 2.66. The number of ether oxygens (including phenoxy) is 2. The number of rotatable bonds is 4. The third-order valence-electron chi connectivity index (χ3n) is 3.66. The summed E-state index contributed by atoms with van der Waals surface area (Å²) in [5, 5.41) is 0. The van der Waals surface area contributed by atoms with E-state index in [-0.39, 0.29) is 17.8 Å². The van der Waals surface area contributed by atoms with Gasteiger partial charge in [0.1, 0.15) is 5.75 Å². The maximum absolute atomic E-state index is 12.4. The molecule has 0 amide bonds. The Labute approximate surface area is 107 Å². The Morgan fingerprint density at radius 2 is 2.17 bits per heavy atom. The van der Waals surface area contributed by atoms with Crippen LogP contribution in [0.4, 0.5) is 0 Å². The third kappa shape index (κ3) is 2.41. The molecule has 1 saturated heterocycles. The van der Waals surface area contributed by atoms with Gasteiger partial charge in [-0.3, -0.25) is 4.79 Å². The van der Waals surface area contributed by atoms with Crippen LogP contribution in [0.2, 0.25) is 0 Å². The molecule has 3 heteroatoms. The first-order chi connectivity index (χ1) is 8.74. The molecule has 0 spiro atoms. The molecule has 1 aliphatic carbocycles. The van der Waals surface area contributed by atoms with Crippen molar-refractivity contribution in [3.63, 3.8) is 0 Å². The van der Waals surface area contributed by atoms with Crippen LogP contribution in [0.1, 0.15) is 36.5 Å². The lowest BCUT2D eigenvalue weighted by Crippen LogP contribution is -2.21. The lowest BCUT2D eigenvalue weighted by molar-refractivity contribution is 0.0764. The molecular weight excluding hydrogens is 228 g/mol. The summed E-state index contributed by atoms with van der Waals surface area (Å²) in [7, 11) is 0. The van der Waals surface area contributed by atoms with Crippen molar-refractivity contribution in [3.8, 4) is 5.75 Å². The van der Waals surface area contributed by atoms with Crippen molar-refractivity contribution in [1.29, 1.82) is 0 Å². The molecule has 2 fully saturated rings. The van der Waals surface area contributed by atoms with Crippen molar-refractivity contribution in [2.45, 2.75) is 38.4 Å². The van der Waals surface area contributed by atoms with Gasteiger partial charge in [0.2, 0.25) is 0 Å². The number of carbonyl (C=O) groups excluding carboxylic acids is 1. The van der Waals surface area contributed by atoms with Crippen LogP contribution in [0.15, 0.2) is 24.3 Å². The molecule has 18 heavy (non-hydrogen) atoms. The van der Waals surface area contributed by atoms with Gasteiger partial charge in [-0.25, -0.2) is 0 Å². The van der Waals surface area contributed by atoms with Gasteiger partial charge in [0.25, 0.3) is 0 Å². The van der Waals surface area contributed by atoms with E-state index in [1.165, 1.54) is 0 Å². The first-order valence-electron chi connectivity index (χ1n) is 6.66. The van der Waals surface area contributed by atoms with E-state index >= 15 is 0 Å². The van der Waals surface area contributed by atoms with Gasteiger partial charge in [0.05, 0.1) is 18.1 Å². The summed E-state index contributed by atoms with van der Waals surface area (Å²) in [5.41, 5.74) is 0.746. The molecule has 3 nitrogen and oxygen atoms in total. The molecule has 96 valence electrons. The van der Waals surface area contributed by atoms with E-state index in [0.29, 0.717) is 12.7 Å². The Morgan fingerprint density at radius 3 is 2.83 bits per heavy atom. The van der Waals surface area contributed by atoms with E-state index < -0.39 is 0 Å². The molecule has 1 heterocycles. The lowest BCUT2D eigenvalue weighted by atomic mass is 9.92. The zero-order valence-electron chi connectivity index (χ0n) is 10.6. The molecule has 2 aliphatic rings. The second-order valence-electron chi connectivity index (χ2n) is 5.18. The van der Waals surface area contributed by atoms with Crippen molar-refractivity contribution in [2.24, 2.45) is 5.92 Å². The van der Waals surface area contributed by atoms with Gasteiger partial charge in [-0.15, -0.1) is 0 Å². The highest BCUT2D eigenvalue weighted by atomic mass is 16.5. The largest absolute Gasteiger partial charge is 0.490 e. The fourth-order valence-electron chi connectivity index (χ4n) is 2.39. The number of carbonyl (C=O) groups is 1.